The zero-order valence-corrected chi connectivity index (χ0v) is 7.11. The molecule has 0 saturated carbocycles. The van der Waals surface area contributed by atoms with Crippen molar-refractivity contribution in [2.45, 2.75) is 6.92 Å². The molecular formula is C6H10N2O2S. The molecule has 1 N–H and O–H groups in total. The topological polar surface area (TPSA) is 70.0 Å². The minimum Gasteiger partial charge on any atom is -0.356 e. The molecule has 0 aromatic carbocycles. The number of amides is 1. The van der Waals surface area contributed by atoms with E-state index in [0.29, 0.717) is 6.54 Å². The maximum absolute atomic E-state index is 10.8. The molecular weight excluding hydrogens is 164 g/mol. The number of nitriles is 1. The zero-order chi connectivity index (χ0) is 8.69. The molecule has 0 aromatic rings. The number of carbonyl (C=O) groups is 1. The van der Waals surface area contributed by atoms with Crippen molar-refractivity contribution in [3.05, 3.63) is 0 Å². The molecule has 0 aliphatic carbocycles. The molecule has 0 spiro atoms. The molecule has 0 aromatic heterocycles. The Bertz CT molecular complexity index is 197. The van der Waals surface area contributed by atoms with Crippen LogP contribution in [-0.4, -0.2) is 28.2 Å². The summed E-state index contributed by atoms with van der Waals surface area (Å²) in [6.07, 6.45) is 0. The Morgan fingerprint density at radius 2 is 2.36 bits per heavy atom. The highest BCUT2D eigenvalue weighted by Gasteiger charge is 2.04. The first-order valence-electron chi connectivity index (χ1n) is 3.19. The predicted octanol–water partition coefficient (Wildman–Crippen LogP) is -0.605. The average Bonchev–Trinajstić information content (AvgIpc) is 1.87. The van der Waals surface area contributed by atoms with Crippen molar-refractivity contribution in [3.63, 3.8) is 0 Å². The molecule has 0 bridgehead atoms. The summed E-state index contributed by atoms with van der Waals surface area (Å²) in [5, 5.41) is 10.6. The van der Waals surface area contributed by atoms with Gasteiger partial charge in [-0.1, -0.05) is 0 Å². The first kappa shape index (κ1) is 10.1. The molecule has 0 aliphatic rings. The Kier molecular flexibility index (Phi) is 5.39. The normalized spacial score (nSPS) is 11.6. The van der Waals surface area contributed by atoms with Gasteiger partial charge in [-0.25, -0.2) is 0 Å². The summed E-state index contributed by atoms with van der Waals surface area (Å²) in [5.74, 6) is -0.403. The van der Waals surface area contributed by atoms with Gasteiger partial charge in [0.2, 0.25) is 5.91 Å². The van der Waals surface area contributed by atoms with Gasteiger partial charge in [-0.2, -0.15) is 5.26 Å². The van der Waals surface area contributed by atoms with Gasteiger partial charge in [0, 0.05) is 17.3 Å². The van der Waals surface area contributed by atoms with Crippen molar-refractivity contribution >= 4 is 16.7 Å². The highest BCUT2D eigenvalue weighted by molar-refractivity contribution is 7.85. The Balaban J connectivity index is 3.60. The molecule has 0 aliphatic heterocycles. The van der Waals surface area contributed by atoms with Gasteiger partial charge in [0.1, 0.15) is 11.5 Å². The van der Waals surface area contributed by atoms with E-state index in [4.69, 9.17) is 5.26 Å². The van der Waals surface area contributed by atoms with E-state index in [2.05, 4.69) is 5.32 Å². The lowest BCUT2D eigenvalue weighted by Gasteiger charge is -1.98. The van der Waals surface area contributed by atoms with Gasteiger partial charge in [0.25, 0.3) is 0 Å². The molecule has 11 heavy (non-hydrogen) atoms. The third kappa shape index (κ3) is 5.55. The summed E-state index contributed by atoms with van der Waals surface area (Å²) in [6, 6.07) is 1.73. The van der Waals surface area contributed by atoms with Crippen LogP contribution in [0.4, 0.5) is 0 Å². The summed E-state index contributed by atoms with van der Waals surface area (Å²) < 4.78 is 10.8. The number of carbonyl (C=O) groups excluding carboxylic acids is 1. The van der Waals surface area contributed by atoms with Crippen LogP contribution in [-0.2, 0) is 15.6 Å². The quantitative estimate of drug-likeness (QED) is 0.618. The highest BCUT2D eigenvalue weighted by atomic mass is 32.2. The number of nitrogens with zero attached hydrogens (tertiary/aromatic N) is 1. The molecule has 1 atom stereocenters. The lowest BCUT2D eigenvalue weighted by molar-refractivity contribution is -0.118. The second-order valence-electron chi connectivity index (χ2n) is 1.84. The fraction of sp³-hybridized carbons (Fsp3) is 0.667. The highest BCUT2D eigenvalue weighted by Crippen LogP contribution is 1.80. The van der Waals surface area contributed by atoms with E-state index in [1.807, 2.05) is 0 Å². The SMILES string of the molecule is CCNC(=O)CS(=O)CC#N. The van der Waals surface area contributed by atoms with Gasteiger partial charge < -0.3 is 5.32 Å². The Morgan fingerprint density at radius 3 is 2.82 bits per heavy atom. The van der Waals surface area contributed by atoms with E-state index in [1.165, 1.54) is 0 Å². The molecule has 1 amide bonds. The number of nitrogens with one attached hydrogen (secondary N) is 1. The predicted molar refractivity (Wildman–Crippen MR) is 42.2 cm³/mol. The fourth-order valence-electron chi connectivity index (χ4n) is 0.517. The molecule has 0 rings (SSSR count). The maximum Gasteiger partial charge on any atom is 0.232 e. The van der Waals surface area contributed by atoms with Crippen LogP contribution in [0.1, 0.15) is 6.92 Å². The lowest BCUT2D eigenvalue weighted by Crippen LogP contribution is -2.28. The van der Waals surface area contributed by atoms with Crippen LogP contribution >= 0.6 is 0 Å². The number of rotatable bonds is 4. The van der Waals surface area contributed by atoms with Crippen molar-refractivity contribution in [2.24, 2.45) is 0 Å². The summed E-state index contributed by atoms with van der Waals surface area (Å²) in [5.41, 5.74) is 0. The van der Waals surface area contributed by atoms with E-state index in [1.54, 1.807) is 13.0 Å². The maximum atomic E-state index is 10.8. The molecule has 1 unspecified atom stereocenters. The first-order valence-corrected chi connectivity index (χ1v) is 4.68. The Hall–Kier alpha value is -0.890. The second-order valence-corrected chi connectivity index (χ2v) is 3.30. The van der Waals surface area contributed by atoms with Crippen molar-refractivity contribution < 1.29 is 9.00 Å². The van der Waals surface area contributed by atoms with E-state index < -0.39 is 10.8 Å². The van der Waals surface area contributed by atoms with Crippen LogP contribution < -0.4 is 5.32 Å². The van der Waals surface area contributed by atoms with Crippen LogP contribution in [0.5, 0.6) is 0 Å². The standard InChI is InChI=1S/C6H10N2O2S/c1-2-8-6(9)5-11(10)4-3-7/h2,4-5H2,1H3,(H,8,9). The van der Waals surface area contributed by atoms with Gasteiger partial charge in [-0.05, 0) is 6.92 Å². The summed E-state index contributed by atoms with van der Waals surface area (Å²) >= 11 is 0. The van der Waals surface area contributed by atoms with E-state index in [0.717, 1.165) is 0 Å². The molecule has 0 heterocycles. The molecule has 0 radical (unpaired) electrons. The molecule has 5 heteroatoms. The van der Waals surface area contributed by atoms with E-state index in [-0.39, 0.29) is 17.4 Å². The summed E-state index contributed by atoms with van der Waals surface area (Å²) in [4.78, 5) is 10.7. The van der Waals surface area contributed by atoms with Gasteiger partial charge in [0.15, 0.2) is 0 Å². The number of hydrogen-bond acceptors (Lipinski definition) is 3. The zero-order valence-electron chi connectivity index (χ0n) is 6.29. The molecule has 4 nitrogen and oxygen atoms in total. The van der Waals surface area contributed by atoms with Crippen molar-refractivity contribution in [3.8, 4) is 6.07 Å². The molecule has 0 fully saturated rings. The van der Waals surface area contributed by atoms with Gasteiger partial charge >= 0.3 is 0 Å². The molecule has 0 saturated heterocycles. The van der Waals surface area contributed by atoms with Crippen molar-refractivity contribution in [2.75, 3.05) is 18.1 Å². The third-order valence-corrected chi connectivity index (χ3v) is 1.93. The molecule has 62 valence electrons. The Labute approximate surface area is 68.0 Å². The lowest BCUT2D eigenvalue weighted by atomic mass is 10.6. The largest absolute Gasteiger partial charge is 0.356 e. The van der Waals surface area contributed by atoms with Crippen LogP contribution in [0.3, 0.4) is 0 Å². The van der Waals surface area contributed by atoms with Crippen LogP contribution in [0.2, 0.25) is 0 Å². The minimum atomic E-state index is -1.32. The monoisotopic (exact) mass is 174 g/mol. The second kappa shape index (κ2) is 5.86. The van der Waals surface area contributed by atoms with Crippen LogP contribution in [0, 0.1) is 11.3 Å². The van der Waals surface area contributed by atoms with Crippen molar-refractivity contribution in [1.82, 2.24) is 5.32 Å². The van der Waals surface area contributed by atoms with E-state index >= 15 is 0 Å². The average molecular weight is 174 g/mol. The Morgan fingerprint density at radius 1 is 1.73 bits per heavy atom. The fourth-order valence-corrected chi connectivity index (χ4v) is 1.16. The summed E-state index contributed by atoms with van der Waals surface area (Å²) in [7, 11) is -1.32. The van der Waals surface area contributed by atoms with Gasteiger partial charge in [-0.15, -0.1) is 0 Å². The van der Waals surface area contributed by atoms with Crippen LogP contribution in [0.25, 0.3) is 0 Å². The third-order valence-electron chi connectivity index (χ3n) is 0.892. The summed E-state index contributed by atoms with van der Waals surface area (Å²) in [6.45, 7) is 2.31. The van der Waals surface area contributed by atoms with Crippen LogP contribution in [0.15, 0.2) is 0 Å². The minimum absolute atomic E-state index is 0.0681. The number of hydrogen-bond donors (Lipinski definition) is 1. The van der Waals surface area contributed by atoms with Crippen molar-refractivity contribution in [1.29, 1.82) is 5.26 Å². The van der Waals surface area contributed by atoms with E-state index in [9.17, 15) is 9.00 Å². The van der Waals surface area contributed by atoms with Gasteiger partial charge in [-0.3, -0.25) is 9.00 Å². The first-order chi connectivity index (χ1) is 5.20. The van der Waals surface area contributed by atoms with Gasteiger partial charge in [0.05, 0.1) is 6.07 Å². The smallest absolute Gasteiger partial charge is 0.232 e.